The van der Waals surface area contributed by atoms with Crippen molar-refractivity contribution in [2.24, 2.45) is 5.92 Å². The maximum atomic E-state index is 9.72. The van der Waals surface area contributed by atoms with Crippen molar-refractivity contribution in [3.63, 3.8) is 0 Å². The second kappa shape index (κ2) is 21.9. The number of benzene rings is 1. The van der Waals surface area contributed by atoms with Crippen LogP contribution < -0.4 is 0 Å². The summed E-state index contributed by atoms with van der Waals surface area (Å²) in [5.74, 6) is 0.104. The van der Waals surface area contributed by atoms with Gasteiger partial charge in [0.05, 0.1) is 6.10 Å². The maximum absolute atomic E-state index is 9.72. The van der Waals surface area contributed by atoms with E-state index in [0.29, 0.717) is 0 Å². The van der Waals surface area contributed by atoms with Crippen LogP contribution in [-0.4, -0.2) is 5.11 Å². The van der Waals surface area contributed by atoms with E-state index in [0.717, 1.165) is 5.56 Å². The zero-order valence-corrected chi connectivity index (χ0v) is 11.7. The molecule has 5 heteroatoms. The Balaban J connectivity index is -0.000000142. The summed E-state index contributed by atoms with van der Waals surface area (Å²) in [5.41, 5.74) is 0.949. The number of hydrogen-bond donors (Lipinski definition) is 1. The quantitative estimate of drug-likeness (QED) is 0.519. The number of aliphatic hydroxyl groups excluding tert-OH is 1. The first-order valence-electron chi connectivity index (χ1n) is 4.72. The average molecular weight is 298 g/mol. The van der Waals surface area contributed by atoms with E-state index in [1.807, 2.05) is 37.3 Å². The van der Waals surface area contributed by atoms with Gasteiger partial charge >= 0.3 is 33.9 Å². The van der Waals surface area contributed by atoms with Crippen LogP contribution in [0.3, 0.4) is 0 Å². The van der Waals surface area contributed by atoms with Crippen LogP contribution in [-0.2, 0) is 31.3 Å². The van der Waals surface area contributed by atoms with E-state index < -0.39 is 6.10 Å². The van der Waals surface area contributed by atoms with E-state index in [9.17, 15) is 5.11 Å². The summed E-state index contributed by atoms with van der Waals surface area (Å²) in [6.45, 7) is 19.1. The van der Waals surface area contributed by atoms with Crippen molar-refractivity contribution in [1.82, 2.24) is 0 Å². The first-order valence-corrected chi connectivity index (χ1v) is 4.72. The van der Waals surface area contributed by atoms with Gasteiger partial charge in [0.25, 0.3) is 0 Å². The van der Waals surface area contributed by atoms with Crippen molar-refractivity contribution in [2.45, 2.75) is 13.0 Å². The van der Waals surface area contributed by atoms with Crippen molar-refractivity contribution < 1.29 is 36.4 Å². The van der Waals surface area contributed by atoms with Crippen molar-refractivity contribution in [3.05, 3.63) is 68.5 Å². The van der Waals surface area contributed by atoms with E-state index in [4.69, 9.17) is 14.0 Å². The van der Waals surface area contributed by atoms with Gasteiger partial charge in [-0.3, -0.25) is 0 Å². The van der Waals surface area contributed by atoms with E-state index in [1.54, 1.807) is 6.08 Å². The molecule has 1 aromatic rings. The third kappa shape index (κ3) is 12.9. The van der Waals surface area contributed by atoms with Gasteiger partial charge in [-0.05, 0) is 5.56 Å². The maximum Gasteiger partial charge on any atom is 0 e. The summed E-state index contributed by atoms with van der Waals surface area (Å²) in [5, 5.41) is 9.72. The van der Waals surface area contributed by atoms with Crippen LogP contribution in [0.2, 0.25) is 0 Å². The molecule has 1 aromatic carbocycles. The van der Waals surface area contributed by atoms with Gasteiger partial charge in [0.1, 0.15) is 0 Å². The van der Waals surface area contributed by atoms with E-state index in [-0.39, 0.29) is 23.3 Å². The monoisotopic (exact) mass is 298 g/mol. The molecule has 0 saturated heterocycles. The number of rotatable bonds is 3. The SMILES string of the molecule is C=C[C@@H](C)[C@@H](O)c1ccccc1.[C-]#[O+].[C-]#[O+].[C-]#[O+].[Cr]. The Morgan fingerprint density at radius 3 is 1.74 bits per heavy atom. The Kier molecular flexibility index (Phi) is 30.3. The largest absolute Gasteiger partial charge is 0 e. The van der Waals surface area contributed by atoms with Gasteiger partial charge < -0.3 is 5.11 Å². The Bertz CT molecular complexity index is 342. The molecule has 0 radical (unpaired) electrons. The Labute approximate surface area is 124 Å². The second-order valence-electron chi connectivity index (χ2n) is 2.95. The van der Waals surface area contributed by atoms with Crippen LogP contribution >= 0.6 is 0 Å². The third-order valence-electron chi connectivity index (χ3n) is 2.01. The van der Waals surface area contributed by atoms with Crippen LogP contribution in [0.5, 0.6) is 0 Å². The molecule has 2 atom stereocenters. The van der Waals surface area contributed by atoms with Crippen molar-refractivity contribution in [3.8, 4) is 0 Å². The van der Waals surface area contributed by atoms with Crippen LogP contribution in [0, 0.1) is 25.9 Å². The fourth-order valence-electron chi connectivity index (χ4n) is 1.08. The van der Waals surface area contributed by atoms with Crippen LogP contribution in [0.1, 0.15) is 18.6 Å². The summed E-state index contributed by atoms with van der Waals surface area (Å²) in [4.78, 5) is 0. The fraction of sp³-hybridized carbons (Fsp3) is 0.214. The normalized spacial score (nSPS) is 9.89. The third-order valence-corrected chi connectivity index (χ3v) is 2.01. The molecule has 0 spiro atoms. The molecule has 0 aromatic heterocycles. The molecule has 0 unspecified atom stereocenters. The van der Waals surface area contributed by atoms with Gasteiger partial charge in [-0.2, -0.15) is 0 Å². The molecule has 0 bridgehead atoms. The van der Waals surface area contributed by atoms with Gasteiger partial charge in [-0.25, -0.2) is 0 Å². The molecule has 0 amide bonds. The molecule has 0 heterocycles. The molecule has 0 aliphatic carbocycles. The van der Waals surface area contributed by atoms with Gasteiger partial charge in [-0.15, -0.1) is 6.58 Å². The van der Waals surface area contributed by atoms with Gasteiger partial charge in [0.15, 0.2) is 0 Å². The minimum atomic E-state index is -0.427. The Hall–Kier alpha value is -1.33. The van der Waals surface area contributed by atoms with Crippen molar-refractivity contribution in [1.29, 1.82) is 0 Å². The predicted molar refractivity (Wildman–Crippen MR) is 62.6 cm³/mol. The minimum absolute atomic E-state index is 0. The molecule has 4 nitrogen and oxygen atoms in total. The Morgan fingerprint density at radius 1 is 1.05 bits per heavy atom. The predicted octanol–water partition coefficient (Wildman–Crippen LogP) is 2.43. The number of hydrogen-bond acceptors (Lipinski definition) is 1. The average Bonchev–Trinajstić information content (AvgIpc) is 2.52. The zero-order valence-electron chi connectivity index (χ0n) is 10.4. The molecule has 100 valence electrons. The van der Waals surface area contributed by atoms with Crippen LogP contribution in [0.4, 0.5) is 0 Å². The first kappa shape index (κ1) is 26.3. The molecule has 0 aliphatic heterocycles. The standard InChI is InChI=1S/C11H14O.3CO.Cr/c1-3-9(2)11(12)10-7-5-4-6-8-10;3*1-2;/h3-9,11-12H,1H2,2H3;;;;/t9-,11-;;;;/m1..../s1. The molecule has 0 fully saturated rings. The zero-order chi connectivity index (χ0) is 15.0. The molecular formula is C14H14CrO4. The number of aliphatic hydroxyl groups is 1. The molecule has 19 heavy (non-hydrogen) atoms. The summed E-state index contributed by atoms with van der Waals surface area (Å²) >= 11 is 0. The van der Waals surface area contributed by atoms with Gasteiger partial charge in [-0.1, -0.05) is 43.3 Å². The second-order valence-corrected chi connectivity index (χ2v) is 2.95. The molecular weight excluding hydrogens is 284 g/mol. The summed E-state index contributed by atoms with van der Waals surface area (Å²) in [7, 11) is 0. The fourth-order valence-corrected chi connectivity index (χ4v) is 1.08. The van der Waals surface area contributed by atoms with Crippen molar-refractivity contribution >= 4 is 0 Å². The molecule has 1 rings (SSSR count). The summed E-state index contributed by atoms with van der Waals surface area (Å²) in [6, 6.07) is 9.63. The van der Waals surface area contributed by atoms with E-state index in [1.165, 1.54) is 0 Å². The van der Waals surface area contributed by atoms with Crippen LogP contribution in [0.25, 0.3) is 0 Å². The summed E-state index contributed by atoms with van der Waals surface area (Å²) < 4.78 is 22.5. The Morgan fingerprint density at radius 2 is 1.42 bits per heavy atom. The molecule has 0 saturated carbocycles. The van der Waals surface area contributed by atoms with Gasteiger partial charge in [0, 0.05) is 23.3 Å². The van der Waals surface area contributed by atoms with E-state index >= 15 is 0 Å². The summed E-state index contributed by atoms with van der Waals surface area (Å²) in [6.07, 6.45) is 1.33. The first-order chi connectivity index (χ1) is 8.75. The molecule has 1 N–H and O–H groups in total. The molecule has 0 aliphatic rings. The van der Waals surface area contributed by atoms with Crippen LogP contribution in [0.15, 0.2) is 43.0 Å². The minimum Gasteiger partial charge on any atom is 0 e. The van der Waals surface area contributed by atoms with E-state index in [2.05, 4.69) is 26.5 Å². The van der Waals surface area contributed by atoms with Crippen molar-refractivity contribution in [2.75, 3.05) is 0 Å². The van der Waals surface area contributed by atoms with Gasteiger partial charge in [0.2, 0.25) is 0 Å². The topological polar surface area (TPSA) is 79.9 Å². The smallest absolute Gasteiger partial charge is 0 e.